The first-order chi connectivity index (χ1) is 11.6. The summed E-state index contributed by atoms with van der Waals surface area (Å²) in [5.41, 5.74) is 2.55. The van der Waals surface area contributed by atoms with Gasteiger partial charge in [0.05, 0.1) is 21.8 Å². The zero-order valence-electron chi connectivity index (χ0n) is 13.1. The van der Waals surface area contributed by atoms with Crippen LogP contribution >= 0.6 is 23.2 Å². The fourth-order valence-corrected chi connectivity index (χ4v) is 4.07. The Labute approximate surface area is 150 Å². The first-order valence-corrected chi connectivity index (χ1v) is 9.09. The minimum atomic E-state index is -0.465. The maximum atomic E-state index is 14.5. The van der Waals surface area contributed by atoms with Crippen LogP contribution in [0.25, 0.3) is 11.3 Å². The Balaban J connectivity index is 1.75. The summed E-state index contributed by atoms with van der Waals surface area (Å²) in [6, 6.07) is 2.87. The molecule has 1 heterocycles. The number of benzene rings is 1. The highest BCUT2D eigenvalue weighted by Crippen LogP contribution is 2.39. The summed E-state index contributed by atoms with van der Waals surface area (Å²) in [5.74, 6) is 0.0197. The van der Waals surface area contributed by atoms with Gasteiger partial charge in [-0.05, 0) is 62.6 Å². The molecule has 0 spiro atoms. The van der Waals surface area contributed by atoms with Gasteiger partial charge < -0.3 is 4.74 Å². The van der Waals surface area contributed by atoms with E-state index in [0.717, 1.165) is 56.2 Å². The molecule has 0 aliphatic heterocycles. The summed E-state index contributed by atoms with van der Waals surface area (Å²) < 4.78 is 20.5. The van der Waals surface area contributed by atoms with E-state index in [9.17, 15) is 4.39 Å². The van der Waals surface area contributed by atoms with Gasteiger partial charge in [0, 0.05) is 5.56 Å². The largest absolute Gasteiger partial charge is 0.489 e. The molecular weight excluding hydrogens is 350 g/mol. The van der Waals surface area contributed by atoms with Crippen molar-refractivity contribution >= 4 is 23.2 Å². The standard InChI is InChI=1S/C18H17Cl2FN2O/c19-13-9-14(21)12(8-16(13)24-10-4-1-2-5-10)18-17(20)11-6-3-7-15(11)22-23-18/h8-10H,1-7H2. The van der Waals surface area contributed by atoms with Crippen LogP contribution in [0.5, 0.6) is 5.75 Å². The normalized spacial score (nSPS) is 17.3. The molecule has 0 atom stereocenters. The van der Waals surface area contributed by atoms with Crippen molar-refractivity contribution in [2.24, 2.45) is 0 Å². The third-order valence-corrected chi connectivity index (χ3v) is 5.51. The van der Waals surface area contributed by atoms with Crippen molar-refractivity contribution in [2.75, 3.05) is 0 Å². The Bertz CT molecular complexity index is 791. The number of aromatic nitrogens is 2. The fourth-order valence-electron chi connectivity index (χ4n) is 3.53. The van der Waals surface area contributed by atoms with Gasteiger partial charge in [0.25, 0.3) is 0 Å². The molecule has 2 aliphatic rings. The molecule has 0 saturated heterocycles. The highest BCUT2D eigenvalue weighted by molar-refractivity contribution is 6.34. The van der Waals surface area contributed by atoms with Crippen LogP contribution in [-0.4, -0.2) is 16.3 Å². The van der Waals surface area contributed by atoms with Gasteiger partial charge in [0.1, 0.15) is 17.3 Å². The van der Waals surface area contributed by atoms with Crippen molar-refractivity contribution in [2.45, 2.75) is 51.0 Å². The SMILES string of the molecule is Fc1cc(Cl)c(OC2CCCC2)cc1-c1nnc2c(c1Cl)CCC2. The summed E-state index contributed by atoms with van der Waals surface area (Å²) in [4.78, 5) is 0. The molecule has 24 heavy (non-hydrogen) atoms. The lowest BCUT2D eigenvalue weighted by atomic mass is 10.1. The summed E-state index contributed by atoms with van der Waals surface area (Å²) in [6.07, 6.45) is 7.19. The number of nitrogens with zero attached hydrogens (tertiary/aromatic N) is 2. The quantitative estimate of drug-likeness (QED) is 0.729. The van der Waals surface area contributed by atoms with E-state index in [0.29, 0.717) is 22.0 Å². The van der Waals surface area contributed by atoms with Crippen molar-refractivity contribution in [1.29, 1.82) is 0 Å². The monoisotopic (exact) mass is 366 g/mol. The lowest BCUT2D eigenvalue weighted by Gasteiger charge is -2.16. The molecule has 4 rings (SSSR count). The number of aryl methyl sites for hydroxylation is 1. The van der Waals surface area contributed by atoms with Crippen LogP contribution in [-0.2, 0) is 12.8 Å². The molecule has 126 valence electrons. The predicted molar refractivity (Wildman–Crippen MR) is 92.4 cm³/mol. The molecule has 1 aromatic carbocycles. The van der Waals surface area contributed by atoms with Crippen molar-refractivity contribution in [1.82, 2.24) is 10.2 Å². The highest BCUT2D eigenvalue weighted by Gasteiger charge is 2.24. The van der Waals surface area contributed by atoms with Gasteiger partial charge in [-0.3, -0.25) is 0 Å². The molecule has 3 nitrogen and oxygen atoms in total. The van der Waals surface area contributed by atoms with Crippen LogP contribution in [0.1, 0.15) is 43.4 Å². The van der Waals surface area contributed by atoms with Crippen LogP contribution in [0.3, 0.4) is 0 Å². The molecule has 2 aliphatic carbocycles. The maximum Gasteiger partial charge on any atom is 0.139 e. The first kappa shape index (κ1) is 16.1. The van der Waals surface area contributed by atoms with E-state index >= 15 is 0 Å². The van der Waals surface area contributed by atoms with Gasteiger partial charge in [0.15, 0.2) is 0 Å². The number of fused-ring (bicyclic) bond motifs is 1. The Morgan fingerprint density at radius 1 is 1.04 bits per heavy atom. The average molecular weight is 367 g/mol. The Morgan fingerprint density at radius 2 is 1.83 bits per heavy atom. The fraction of sp³-hybridized carbons (Fsp3) is 0.444. The minimum Gasteiger partial charge on any atom is -0.489 e. The second kappa shape index (κ2) is 6.49. The summed E-state index contributed by atoms with van der Waals surface area (Å²) in [6.45, 7) is 0. The molecular formula is C18H17Cl2FN2O. The van der Waals surface area contributed by atoms with Gasteiger partial charge in [-0.2, -0.15) is 5.10 Å². The summed E-state index contributed by atoms with van der Waals surface area (Å²) in [5, 5.41) is 9.14. The van der Waals surface area contributed by atoms with E-state index in [2.05, 4.69) is 10.2 Å². The third-order valence-electron chi connectivity index (χ3n) is 4.80. The molecule has 1 saturated carbocycles. The molecule has 0 amide bonds. The van der Waals surface area contributed by atoms with Crippen LogP contribution in [0.15, 0.2) is 12.1 Å². The topological polar surface area (TPSA) is 35.0 Å². The lowest BCUT2D eigenvalue weighted by molar-refractivity contribution is 0.210. The Morgan fingerprint density at radius 3 is 2.62 bits per heavy atom. The van der Waals surface area contributed by atoms with Crippen molar-refractivity contribution < 1.29 is 9.13 Å². The number of rotatable bonds is 3. The molecule has 0 N–H and O–H groups in total. The van der Waals surface area contributed by atoms with E-state index < -0.39 is 5.82 Å². The van der Waals surface area contributed by atoms with E-state index in [1.54, 1.807) is 6.07 Å². The molecule has 1 fully saturated rings. The number of halogens is 3. The van der Waals surface area contributed by atoms with Crippen LogP contribution < -0.4 is 4.74 Å². The van der Waals surface area contributed by atoms with Gasteiger partial charge in [-0.15, -0.1) is 5.10 Å². The molecule has 2 aromatic rings. The second-order valence-corrected chi connectivity index (χ2v) is 7.21. The van der Waals surface area contributed by atoms with Gasteiger partial charge in [-0.25, -0.2) is 4.39 Å². The zero-order valence-corrected chi connectivity index (χ0v) is 14.6. The van der Waals surface area contributed by atoms with Gasteiger partial charge in [-0.1, -0.05) is 23.2 Å². The second-order valence-electron chi connectivity index (χ2n) is 6.43. The summed E-state index contributed by atoms with van der Waals surface area (Å²) in [7, 11) is 0. The number of hydrogen-bond acceptors (Lipinski definition) is 3. The average Bonchev–Trinajstić information content (AvgIpc) is 3.22. The Hall–Kier alpha value is -1.39. The van der Waals surface area contributed by atoms with Crippen LogP contribution in [0.4, 0.5) is 4.39 Å². The number of hydrogen-bond donors (Lipinski definition) is 0. The molecule has 0 radical (unpaired) electrons. The molecule has 0 bridgehead atoms. The zero-order chi connectivity index (χ0) is 16.7. The van der Waals surface area contributed by atoms with E-state index in [1.807, 2.05) is 0 Å². The minimum absolute atomic E-state index is 0.141. The highest BCUT2D eigenvalue weighted by atomic mass is 35.5. The molecule has 0 unspecified atom stereocenters. The van der Waals surface area contributed by atoms with Crippen LogP contribution in [0, 0.1) is 5.82 Å². The van der Waals surface area contributed by atoms with Crippen molar-refractivity contribution in [3.63, 3.8) is 0 Å². The smallest absolute Gasteiger partial charge is 0.139 e. The lowest BCUT2D eigenvalue weighted by Crippen LogP contribution is -2.11. The number of ether oxygens (including phenoxy) is 1. The van der Waals surface area contributed by atoms with E-state index in [1.165, 1.54) is 6.07 Å². The Kier molecular flexibility index (Phi) is 4.35. The van der Waals surface area contributed by atoms with Gasteiger partial charge >= 0.3 is 0 Å². The van der Waals surface area contributed by atoms with Crippen molar-refractivity contribution in [3.05, 3.63) is 39.3 Å². The third kappa shape index (κ3) is 2.86. The van der Waals surface area contributed by atoms with Crippen LogP contribution in [0.2, 0.25) is 10.0 Å². The first-order valence-electron chi connectivity index (χ1n) is 8.33. The molecule has 6 heteroatoms. The maximum absolute atomic E-state index is 14.5. The van der Waals surface area contributed by atoms with E-state index in [4.69, 9.17) is 27.9 Å². The predicted octanol–water partition coefficient (Wildman–Crippen LogP) is 5.40. The van der Waals surface area contributed by atoms with Crippen molar-refractivity contribution in [3.8, 4) is 17.0 Å². The summed E-state index contributed by atoms with van der Waals surface area (Å²) >= 11 is 12.6. The molecule has 1 aromatic heterocycles. The van der Waals surface area contributed by atoms with E-state index in [-0.39, 0.29) is 11.1 Å². The van der Waals surface area contributed by atoms with Gasteiger partial charge in [0.2, 0.25) is 0 Å².